The number of aromatic nitrogens is 1. The number of hydrogen-bond acceptors (Lipinski definition) is 2. The molecule has 150 valence electrons. The first kappa shape index (κ1) is 20.7. The molecule has 1 aliphatic rings. The van der Waals surface area contributed by atoms with Crippen LogP contribution in [0.4, 0.5) is 8.78 Å². The van der Waals surface area contributed by atoms with Gasteiger partial charge in [-0.05, 0) is 74.4 Å². The van der Waals surface area contributed by atoms with Crippen molar-refractivity contribution < 1.29 is 13.6 Å². The molecule has 28 heavy (non-hydrogen) atoms. The molecule has 1 saturated carbocycles. The molecule has 2 aromatic rings. The first-order valence-corrected chi connectivity index (χ1v) is 10.2. The summed E-state index contributed by atoms with van der Waals surface area (Å²) in [4.78, 5) is 16.7. The molecule has 1 N–H and O–H groups in total. The fourth-order valence-corrected chi connectivity index (χ4v) is 4.17. The lowest BCUT2D eigenvalue weighted by molar-refractivity contribution is 0.0909. The molecule has 1 heterocycles. The highest BCUT2D eigenvalue weighted by Gasteiger charge is 2.29. The standard InChI is InChI=1S/C22H25ClF2N2O/c1-2-18(27-22(28)16-10-12-17(23)13-11-16)14-6-8-15(9-7-14)19-4-3-5-20(26-19)21(24)25/h3-5,10-15,18,21H,2,6-9H2,1H3,(H,27,28). The minimum atomic E-state index is -2.54. The molecular formula is C22H25ClF2N2O. The topological polar surface area (TPSA) is 42.0 Å². The van der Waals surface area contributed by atoms with Crippen molar-refractivity contribution in [3.63, 3.8) is 0 Å². The Morgan fingerprint density at radius 1 is 1.14 bits per heavy atom. The number of nitrogens with zero attached hydrogens (tertiary/aromatic N) is 1. The van der Waals surface area contributed by atoms with Gasteiger partial charge in [0.05, 0.1) is 0 Å². The van der Waals surface area contributed by atoms with E-state index in [9.17, 15) is 13.6 Å². The van der Waals surface area contributed by atoms with Crippen molar-refractivity contribution in [2.24, 2.45) is 5.92 Å². The van der Waals surface area contributed by atoms with Crippen LogP contribution in [-0.2, 0) is 0 Å². The van der Waals surface area contributed by atoms with Crippen molar-refractivity contribution >= 4 is 17.5 Å². The van der Waals surface area contributed by atoms with Gasteiger partial charge in [0, 0.05) is 28.2 Å². The number of benzene rings is 1. The van der Waals surface area contributed by atoms with Crippen molar-refractivity contribution in [2.75, 3.05) is 0 Å². The minimum Gasteiger partial charge on any atom is -0.349 e. The predicted molar refractivity (Wildman–Crippen MR) is 107 cm³/mol. The third-order valence-corrected chi connectivity index (χ3v) is 5.89. The zero-order chi connectivity index (χ0) is 20.1. The van der Waals surface area contributed by atoms with Crippen LogP contribution in [0.15, 0.2) is 42.5 Å². The molecule has 1 aromatic heterocycles. The van der Waals surface area contributed by atoms with E-state index in [1.165, 1.54) is 6.07 Å². The third kappa shape index (κ3) is 5.07. The van der Waals surface area contributed by atoms with Gasteiger partial charge in [-0.15, -0.1) is 0 Å². The largest absolute Gasteiger partial charge is 0.349 e. The predicted octanol–water partition coefficient (Wildman–Crippen LogP) is 6.16. The highest BCUT2D eigenvalue weighted by Crippen LogP contribution is 2.37. The van der Waals surface area contributed by atoms with E-state index in [0.717, 1.165) is 37.8 Å². The first-order valence-electron chi connectivity index (χ1n) is 9.79. The number of carbonyl (C=O) groups is 1. The monoisotopic (exact) mass is 406 g/mol. The molecule has 3 rings (SSSR count). The van der Waals surface area contributed by atoms with Crippen molar-refractivity contribution in [1.82, 2.24) is 10.3 Å². The van der Waals surface area contributed by atoms with E-state index in [4.69, 9.17) is 11.6 Å². The van der Waals surface area contributed by atoms with Gasteiger partial charge in [-0.2, -0.15) is 0 Å². The Morgan fingerprint density at radius 3 is 2.43 bits per heavy atom. The molecule has 0 spiro atoms. The van der Waals surface area contributed by atoms with Gasteiger partial charge in [0.1, 0.15) is 5.69 Å². The summed E-state index contributed by atoms with van der Waals surface area (Å²) in [5.41, 5.74) is 1.21. The molecule has 0 aliphatic heterocycles. The quantitative estimate of drug-likeness (QED) is 0.624. The number of rotatable bonds is 6. The van der Waals surface area contributed by atoms with E-state index >= 15 is 0 Å². The van der Waals surface area contributed by atoms with Crippen molar-refractivity contribution in [2.45, 2.75) is 57.4 Å². The Balaban J connectivity index is 1.58. The summed E-state index contributed by atoms with van der Waals surface area (Å²) in [5, 5.41) is 3.76. The smallest absolute Gasteiger partial charge is 0.280 e. The van der Waals surface area contributed by atoms with Crippen LogP contribution in [0.3, 0.4) is 0 Å². The van der Waals surface area contributed by atoms with Crippen molar-refractivity contribution in [3.05, 3.63) is 64.4 Å². The average Bonchev–Trinajstić information content (AvgIpc) is 2.72. The maximum atomic E-state index is 12.9. The molecule has 1 unspecified atom stereocenters. The summed E-state index contributed by atoms with van der Waals surface area (Å²) in [7, 11) is 0. The second kappa shape index (κ2) is 9.46. The second-order valence-corrected chi connectivity index (χ2v) is 7.83. The molecule has 1 aliphatic carbocycles. The van der Waals surface area contributed by atoms with E-state index in [1.54, 1.807) is 30.3 Å². The molecule has 1 aromatic carbocycles. The third-order valence-electron chi connectivity index (χ3n) is 5.64. The number of hydrogen-bond donors (Lipinski definition) is 1. The molecule has 0 bridgehead atoms. The average molecular weight is 407 g/mol. The fourth-order valence-electron chi connectivity index (χ4n) is 4.04. The van der Waals surface area contributed by atoms with Gasteiger partial charge in [-0.3, -0.25) is 9.78 Å². The van der Waals surface area contributed by atoms with Gasteiger partial charge in [0.25, 0.3) is 12.3 Å². The van der Waals surface area contributed by atoms with E-state index in [1.807, 2.05) is 6.07 Å². The lowest BCUT2D eigenvalue weighted by Gasteiger charge is -2.34. The SMILES string of the molecule is CCC(NC(=O)c1ccc(Cl)cc1)C1CCC(c2cccc(C(F)F)n2)CC1. The number of alkyl halides is 2. The minimum absolute atomic E-state index is 0.0862. The Hall–Kier alpha value is -2.01. The second-order valence-electron chi connectivity index (χ2n) is 7.39. The highest BCUT2D eigenvalue weighted by molar-refractivity contribution is 6.30. The lowest BCUT2D eigenvalue weighted by atomic mass is 9.76. The van der Waals surface area contributed by atoms with E-state index in [2.05, 4.69) is 17.2 Å². The van der Waals surface area contributed by atoms with Gasteiger partial charge in [-0.1, -0.05) is 24.6 Å². The fraction of sp³-hybridized carbons (Fsp3) is 0.455. The van der Waals surface area contributed by atoms with Crippen LogP contribution in [-0.4, -0.2) is 16.9 Å². The van der Waals surface area contributed by atoms with E-state index in [-0.39, 0.29) is 23.6 Å². The normalized spacial score (nSPS) is 20.8. The lowest BCUT2D eigenvalue weighted by Crippen LogP contribution is -2.41. The van der Waals surface area contributed by atoms with Crippen LogP contribution < -0.4 is 5.32 Å². The number of carbonyl (C=O) groups excluding carboxylic acids is 1. The van der Waals surface area contributed by atoms with Crippen LogP contribution in [0.25, 0.3) is 0 Å². The molecule has 1 amide bonds. The number of amides is 1. The zero-order valence-electron chi connectivity index (χ0n) is 15.9. The van der Waals surface area contributed by atoms with E-state index < -0.39 is 6.43 Å². The maximum absolute atomic E-state index is 12.9. The number of halogens is 3. The summed E-state index contributed by atoms with van der Waals surface area (Å²) in [5.74, 6) is 0.507. The molecule has 3 nitrogen and oxygen atoms in total. The summed E-state index contributed by atoms with van der Waals surface area (Å²) < 4.78 is 25.8. The van der Waals surface area contributed by atoms with Crippen LogP contribution in [0.1, 0.15) is 73.1 Å². The van der Waals surface area contributed by atoms with Gasteiger partial charge in [-0.25, -0.2) is 8.78 Å². The maximum Gasteiger partial charge on any atom is 0.280 e. The molecular weight excluding hydrogens is 382 g/mol. The summed E-state index contributed by atoms with van der Waals surface area (Å²) >= 11 is 5.88. The van der Waals surface area contributed by atoms with Gasteiger partial charge in [0.2, 0.25) is 0 Å². The Kier molecular flexibility index (Phi) is 7.00. The Morgan fingerprint density at radius 2 is 1.82 bits per heavy atom. The Bertz CT molecular complexity index is 789. The molecule has 0 saturated heterocycles. The molecule has 1 atom stereocenters. The van der Waals surface area contributed by atoms with Crippen LogP contribution in [0.2, 0.25) is 5.02 Å². The van der Waals surface area contributed by atoms with E-state index in [0.29, 0.717) is 16.5 Å². The molecule has 6 heteroatoms. The van der Waals surface area contributed by atoms with Crippen LogP contribution in [0.5, 0.6) is 0 Å². The van der Waals surface area contributed by atoms with Gasteiger partial charge in [0.15, 0.2) is 0 Å². The van der Waals surface area contributed by atoms with Gasteiger partial charge < -0.3 is 5.32 Å². The van der Waals surface area contributed by atoms with Crippen LogP contribution in [0, 0.1) is 5.92 Å². The summed E-state index contributed by atoms with van der Waals surface area (Å²) in [6, 6.07) is 11.9. The van der Waals surface area contributed by atoms with Crippen molar-refractivity contribution in [1.29, 1.82) is 0 Å². The number of nitrogens with one attached hydrogen (secondary N) is 1. The summed E-state index contributed by atoms with van der Waals surface area (Å²) in [6.45, 7) is 2.08. The number of pyridine rings is 1. The van der Waals surface area contributed by atoms with Gasteiger partial charge >= 0.3 is 0 Å². The molecule has 0 radical (unpaired) electrons. The molecule has 1 fully saturated rings. The van der Waals surface area contributed by atoms with Crippen molar-refractivity contribution in [3.8, 4) is 0 Å². The summed E-state index contributed by atoms with van der Waals surface area (Å²) in [6.07, 6.45) is 2.02. The first-order chi connectivity index (χ1) is 13.5. The zero-order valence-corrected chi connectivity index (χ0v) is 16.6. The van der Waals surface area contributed by atoms with Crippen LogP contribution >= 0.6 is 11.6 Å². The Labute approximate surface area is 169 Å². The highest BCUT2D eigenvalue weighted by atomic mass is 35.5.